The van der Waals surface area contributed by atoms with Crippen molar-refractivity contribution in [2.75, 3.05) is 44.2 Å². The van der Waals surface area contributed by atoms with E-state index in [0.717, 1.165) is 23.8 Å². The minimum absolute atomic E-state index is 0.0408. The van der Waals surface area contributed by atoms with E-state index in [4.69, 9.17) is 0 Å². The first-order chi connectivity index (χ1) is 12.2. The Morgan fingerprint density at radius 2 is 1.80 bits per heavy atom. The summed E-state index contributed by atoms with van der Waals surface area (Å²) >= 11 is 1.45. The zero-order chi connectivity index (χ0) is 17.2. The molecule has 4 rings (SSSR count). The standard InChI is InChI=1S/C18H20N4O2S/c23-17(14-12-22(13-14)18(24)15-4-3-11-25-15)21-9-7-20(8-10-21)16-5-1-2-6-19-16/h1-6,11,14H,7-10,12-13H2. The molecule has 2 aromatic heterocycles. The van der Waals surface area contributed by atoms with Gasteiger partial charge in [-0.2, -0.15) is 0 Å². The van der Waals surface area contributed by atoms with Gasteiger partial charge in [-0.25, -0.2) is 4.98 Å². The van der Waals surface area contributed by atoms with Gasteiger partial charge in [-0.05, 0) is 23.6 Å². The van der Waals surface area contributed by atoms with Crippen LogP contribution in [-0.2, 0) is 4.79 Å². The van der Waals surface area contributed by atoms with Gasteiger partial charge in [-0.3, -0.25) is 9.59 Å². The molecule has 130 valence electrons. The molecule has 6 nitrogen and oxygen atoms in total. The number of rotatable bonds is 3. The van der Waals surface area contributed by atoms with Gasteiger partial charge in [0.25, 0.3) is 5.91 Å². The first kappa shape index (κ1) is 16.1. The van der Waals surface area contributed by atoms with E-state index in [2.05, 4.69) is 9.88 Å². The summed E-state index contributed by atoms with van der Waals surface area (Å²) < 4.78 is 0. The van der Waals surface area contributed by atoms with Crippen molar-refractivity contribution in [3.05, 3.63) is 46.8 Å². The van der Waals surface area contributed by atoms with E-state index >= 15 is 0 Å². The summed E-state index contributed by atoms with van der Waals surface area (Å²) in [6.45, 7) is 4.10. The fourth-order valence-corrected chi connectivity index (χ4v) is 4.00. The summed E-state index contributed by atoms with van der Waals surface area (Å²) in [6, 6.07) is 9.59. The van der Waals surface area contributed by atoms with E-state index in [-0.39, 0.29) is 17.7 Å². The molecule has 4 heterocycles. The van der Waals surface area contributed by atoms with Gasteiger partial charge in [0.1, 0.15) is 5.82 Å². The lowest BCUT2D eigenvalue weighted by Gasteiger charge is -2.42. The Labute approximate surface area is 150 Å². The molecule has 2 fully saturated rings. The summed E-state index contributed by atoms with van der Waals surface area (Å²) in [5.41, 5.74) is 0. The fraction of sp³-hybridized carbons (Fsp3) is 0.389. The normalized spacial score (nSPS) is 18.2. The Hall–Kier alpha value is -2.41. The average Bonchev–Trinajstić information content (AvgIpc) is 3.16. The Morgan fingerprint density at radius 1 is 1.00 bits per heavy atom. The van der Waals surface area contributed by atoms with Crippen molar-refractivity contribution in [2.24, 2.45) is 5.92 Å². The van der Waals surface area contributed by atoms with Gasteiger partial charge < -0.3 is 14.7 Å². The van der Waals surface area contributed by atoms with Crippen LogP contribution in [0.1, 0.15) is 9.67 Å². The number of thiophene rings is 1. The van der Waals surface area contributed by atoms with Crippen molar-refractivity contribution in [3.63, 3.8) is 0 Å². The van der Waals surface area contributed by atoms with Crippen molar-refractivity contribution >= 4 is 29.0 Å². The maximum Gasteiger partial charge on any atom is 0.263 e. The van der Waals surface area contributed by atoms with Crippen LogP contribution in [0.3, 0.4) is 0 Å². The number of carbonyl (C=O) groups excluding carboxylic acids is 2. The minimum atomic E-state index is -0.0506. The zero-order valence-electron chi connectivity index (χ0n) is 13.9. The van der Waals surface area contributed by atoms with Crippen LogP contribution in [0.2, 0.25) is 0 Å². The Bertz CT molecular complexity index is 736. The third-order valence-corrected chi connectivity index (χ3v) is 5.67. The Kier molecular flexibility index (Phi) is 4.40. The van der Waals surface area contributed by atoms with Gasteiger partial charge >= 0.3 is 0 Å². The van der Waals surface area contributed by atoms with E-state index in [1.54, 1.807) is 11.1 Å². The minimum Gasteiger partial charge on any atom is -0.353 e. The number of carbonyl (C=O) groups is 2. The molecule has 0 unspecified atom stereocenters. The lowest BCUT2D eigenvalue weighted by atomic mass is 9.97. The van der Waals surface area contributed by atoms with Crippen molar-refractivity contribution in [3.8, 4) is 0 Å². The zero-order valence-corrected chi connectivity index (χ0v) is 14.7. The molecule has 0 radical (unpaired) electrons. The van der Waals surface area contributed by atoms with E-state index < -0.39 is 0 Å². The Balaban J connectivity index is 1.27. The number of pyridine rings is 1. The second-order valence-corrected chi connectivity index (χ2v) is 7.33. The SMILES string of the molecule is O=C(c1cccs1)N1CC(C(=O)N2CCN(c3ccccn3)CC2)C1. The molecule has 7 heteroatoms. The van der Waals surface area contributed by atoms with E-state index in [1.807, 2.05) is 40.6 Å². The lowest BCUT2D eigenvalue weighted by Crippen LogP contribution is -2.59. The van der Waals surface area contributed by atoms with Gasteiger partial charge in [0, 0.05) is 45.5 Å². The lowest BCUT2D eigenvalue weighted by molar-refractivity contribution is -0.140. The molecule has 0 atom stereocenters. The topological polar surface area (TPSA) is 56.8 Å². The first-order valence-electron chi connectivity index (χ1n) is 8.50. The number of amides is 2. The van der Waals surface area contributed by atoms with Crippen LogP contribution >= 0.6 is 11.3 Å². The fourth-order valence-electron chi connectivity index (χ4n) is 3.31. The van der Waals surface area contributed by atoms with Crippen LogP contribution in [0.4, 0.5) is 5.82 Å². The molecule has 0 spiro atoms. The molecular weight excluding hydrogens is 336 g/mol. The smallest absolute Gasteiger partial charge is 0.263 e. The molecular formula is C18H20N4O2S. The third-order valence-electron chi connectivity index (χ3n) is 4.81. The van der Waals surface area contributed by atoms with E-state index in [0.29, 0.717) is 26.2 Å². The van der Waals surface area contributed by atoms with Crippen molar-refractivity contribution in [1.29, 1.82) is 0 Å². The Morgan fingerprint density at radius 3 is 2.44 bits per heavy atom. The number of aromatic nitrogens is 1. The van der Waals surface area contributed by atoms with Gasteiger partial charge in [-0.1, -0.05) is 12.1 Å². The van der Waals surface area contributed by atoms with Crippen LogP contribution in [0.5, 0.6) is 0 Å². The molecule has 0 aromatic carbocycles. The monoisotopic (exact) mass is 356 g/mol. The van der Waals surface area contributed by atoms with Gasteiger partial charge in [0.2, 0.25) is 5.91 Å². The van der Waals surface area contributed by atoms with Crippen LogP contribution in [-0.4, -0.2) is 65.9 Å². The molecule has 2 amide bonds. The van der Waals surface area contributed by atoms with Crippen molar-refractivity contribution < 1.29 is 9.59 Å². The molecule has 0 aliphatic carbocycles. The first-order valence-corrected chi connectivity index (χ1v) is 9.38. The number of hydrogen-bond donors (Lipinski definition) is 0. The quantitative estimate of drug-likeness (QED) is 0.838. The summed E-state index contributed by atoms with van der Waals surface area (Å²) in [6.07, 6.45) is 1.79. The molecule has 2 aliphatic heterocycles. The number of hydrogen-bond acceptors (Lipinski definition) is 5. The summed E-state index contributed by atoms with van der Waals surface area (Å²) in [7, 11) is 0. The highest BCUT2D eigenvalue weighted by atomic mass is 32.1. The molecule has 0 N–H and O–H groups in total. The van der Waals surface area contributed by atoms with Crippen molar-refractivity contribution in [2.45, 2.75) is 0 Å². The van der Waals surface area contributed by atoms with Crippen molar-refractivity contribution in [1.82, 2.24) is 14.8 Å². The number of anilines is 1. The highest BCUT2D eigenvalue weighted by Crippen LogP contribution is 2.23. The summed E-state index contributed by atoms with van der Waals surface area (Å²) in [5, 5.41) is 1.90. The van der Waals surface area contributed by atoms with E-state index in [1.165, 1.54) is 11.3 Å². The molecule has 0 bridgehead atoms. The molecule has 2 aromatic rings. The second-order valence-electron chi connectivity index (χ2n) is 6.38. The molecule has 2 saturated heterocycles. The third kappa shape index (κ3) is 3.24. The largest absolute Gasteiger partial charge is 0.353 e. The summed E-state index contributed by atoms with van der Waals surface area (Å²) in [5.74, 6) is 1.13. The predicted molar refractivity (Wildman–Crippen MR) is 96.7 cm³/mol. The van der Waals surface area contributed by atoms with Crippen LogP contribution in [0, 0.1) is 5.92 Å². The highest BCUT2D eigenvalue weighted by Gasteiger charge is 2.39. The maximum atomic E-state index is 12.6. The van der Waals surface area contributed by atoms with E-state index in [9.17, 15) is 9.59 Å². The van der Waals surface area contributed by atoms with Gasteiger partial charge in [-0.15, -0.1) is 11.3 Å². The summed E-state index contributed by atoms with van der Waals surface area (Å²) in [4.78, 5) is 35.9. The average molecular weight is 356 g/mol. The predicted octanol–water partition coefficient (Wildman–Crippen LogP) is 1.56. The highest BCUT2D eigenvalue weighted by molar-refractivity contribution is 7.12. The number of nitrogens with zero attached hydrogens (tertiary/aromatic N) is 4. The molecule has 2 aliphatic rings. The van der Waals surface area contributed by atoms with Crippen LogP contribution in [0.25, 0.3) is 0 Å². The maximum absolute atomic E-state index is 12.6. The van der Waals surface area contributed by atoms with Gasteiger partial charge in [0.15, 0.2) is 0 Å². The molecule has 0 saturated carbocycles. The van der Waals surface area contributed by atoms with Crippen LogP contribution in [0.15, 0.2) is 41.9 Å². The van der Waals surface area contributed by atoms with Crippen LogP contribution < -0.4 is 4.90 Å². The van der Waals surface area contributed by atoms with Gasteiger partial charge in [0.05, 0.1) is 10.8 Å². The molecule has 25 heavy (non-hydrogen) atoms. The second kappa shape index (κ2) is 6.84. The number of piperazine rings is 1. The number of likely N-dealkylation sites (tertiary alicyclic amines) is 1.